The predicted octanol–water partition coefficient (Wildman–Crippen LogP) is 2.11. The molecule has 0 bridgehead atoms. The first-order chi connectivity index (χ1) is 12.5. The first-order valence-corrected chi connectivity index (χ1v) is 9.32. The van der Waals surface area contributed by atoms with Crippen LogP contribution in [-0.2, 0) is 23.9 Å². The number of nitrogens with zero attached hydrogens (tertiary/aromatic N) is 1. The number of halogens is 1. The monoisotopic (exact) mass is 422 g/mol. The minimum Gasteiger partial charge on any atom is -0.454 e. The van der Waals surface area contributed by atoms with Crippen molar-refractivity contribution in [3.8, 4) is 0 Å². The molecule has 1 N–H and O–H groups in total. The molecule has 1 aliphatic carbocycles. The molecule has 26 heavy (non-hydrogen) atoms. The van der Waals surface area contributed by atoms with Crippen molar-refractivity contribution >= 4 is 45.3 Å². The molecule has 2 atom stereocenters. The average molecular weight is 423 g/mol. The van der Waals surface area contributed by atoms with Gasteiger partial charge in [0.05, 0.1) is 17.5 Å². The molecule has 1 aromatic rings. The minimum absolute atomic E-state index is 0.297. The molecule has 1 saturated heterocycles. The lowest BCUT2D eigenvalue weighted by molar-refractivity contribution is -0.154. The summed E-state index contributed by atoms with van der Waals surface area (Å²) in [4.78, 5) is 49.5. The molecule has 8 heteroatoms. The van der Waals surface area contributed by atoms with Crippen LogP contribution in [0.2, 0.25) is 0 Å². The number of likely N-dealkylation sites (tertiary alicyclic amines) is 1. The van der Waals surface area contributed by atoms with E-state index in [0.29, 0.717) is 23.0 Å². The minimum atomic E-state index is -0.771. The van der Waals surface area contributed by atoms with Gasteiger partial charge in [-0.2, -0.15) is 0 Å². The Morgan fingerprint density at radius 1 is 1.12 bits per heavy atom. The third-order valence-corrected chi connectivity index (χ3v) is 5.42. The molecule has 1 heterocycles. The van der Waals surface area contributed by atoms with Crippen LogP contribution in [0, 0.1) is 11.8 Å². The van der Waals surface area contributed by atoms with Crippen molar-refractivity contribution in [1.29, 1.82) is 0 Å². The number of ether oxygens (including phenoxy) is 1. The van der Waals surface area contributed by atoms with E-state index in [0.717, 1.165) is 17.7 Å². The second-order valence-corrected chi connectivity index (χ2v) is 7.30. The van der Waals surface area contributed by atoms with Crippen LogP contribution < -0.4 is 5.32 Å². The fraction of sp³-hybridized carbons (Fsp3) is 0.444. The topological polar surface area (TPSA) is 92.8 Å². The van der Waals surface area contributed by atoms with Crippen molar-refractivity contribution in [2.24, 2.45) is 11.8 Å². The van der Waals surface area contributed by atoms with Gasteiger partial charge in [0.15, 0.2) is 6.61 Å². The van der Waals surface area contributed by atoms with E-state index in [1.807, 2.05) is 0 Å². The van der Waals surface area contributed by atoms with Gasteiger partial charge in [0.2, 0.25) is 11.8 Å². The molecule has 0 radical (unpaired) electrons. The maximum absolute atomic E-state index is 12.3. The number of hydrogen-bond donors (Lipinski definition) is 1. The lowest BCUT2D eigenvalue weighted by Crippen LogP contribution is -2.37. The zero-order chi connectivity index (χ0) is 18.7. The number of nitrogens with one attached hydrogen (secondary N) is 1. The molecular formula is C18H19BrN2O5. The lowest BCUT2D eigenvalue weighted by atomic mass is 9.81. The third-order valence-electron chi connectivity index (χ3n) is 4.73. The Morgan fingerprint density at radius 3 is 2.35 bits per heavy atom. The van der Waals surface area contributed by atoms with Gasteiger partial charge in [-0.25, -0.2) is 0 Å². The number of amides is 3. The van der Waals surface area contributed by atoms with Gasteiger partial charge in [0.25, 0.3) is 5.91 Å². The van der Waals surface area contributed by atoms with Gasteiger partial charge in [0.1, 0.15) is 6.54 Å². The van der Waals surface area contributed by atoms with Gasteiger partial charge in [-0.1, -0.05) is 25.0 Å². The molecule has 7 nitrogen and oxygen atoms in total. The van der Waals surface area contributed by atoms with Crippen molar-refractivity contribution in [2.45, 2.75) is 25.7 Å². The molecule has 2 aliphatic rings. The molecule has 1 aromatic carbocycles. The molecule has 0 spiro atoms. The van der Waals surface area contributed by atoms with Crippen molar-refractivity contribution in [3.63, 3.8) is 0 Å². The highest BCUT2D eigenvalue weighted by atomic mass is 79.9. The number of hydrogen-bond acceptors (Lipinski definition) is 5. The first-order valence-electron chi connectivity index (χ1n) is 8.52. The molecular weight excluding hydrogens is 404 g/mol. The Kier molecular flexibility index (Phi) is 5.70. The lowest BCUT2D eigenvalue weighted by Gasteiger charge is -2.19. The SMILES string of the molecule is O=C(COC(=O)CN1C(=O)C2CCCCC2C1=O)Nc1ccccc1Br. The van der Waals surface area contributed by atoms with Crippen LogP contribution in [0.25, 0.3) is 0 Å². The highest BCUT2D eigenvalue weighted by Gasteiger charge is 2.48. The molecule has 2 fully saturated rings. The zero-order valence-electron chi connectivity index (χ0n) is 14.1. The fourth-order valence-corrected chi connectivity index (χ4v) is 3.84. The Morgan fingerprint density at radius 2 is 1.73 bits per heavy atom. The summed E-state index contributed by atoms with van der Waals surface area (Å²) < 4.78 is 5.62. The summed E-state index contributed by atoms with van der Waals surface area (Å²) in [5.41, 5.74) is 0.558. The fourth-order valence-electron chi connectivity index (χ4n) is 3.46. The highest BCUT2D eigenvalue weighted by Crippen LogP contribution is 2.37. The summed E-state index contributed by atoms with van der Waals surface area (Å²) in [5, 5.41) is 2.61. The number of esters is 1. The molecule has 0 aromatic heterocycles. The quantitative estimate of drug-likeness (QED) is 0.579. The van der Waals surface area contributed by atoms with Crippen LogP contribution in [0.5, 0.6) is 0 Å². The maximum Gasteiger partial charge on any atom is 0.326 e. The van der Waals surface area contributed by atoms with Crippen molar-refractivity contribution < 1.29 is 23.9 Å². The van der Waals surface area contributed by atoms with Gasteiger partial charge in [-0.15, -0.1) is 0 Å². The molecule has 3 rings (SSSR count). The molecule has 1 aliphatic heterocycles. The number of anilines is 1. The largest absolute Gasteiger partial charge is 0.454 e. The summed E-state index contributed by atoms with van der Waals surface area (Å²) in [5.74, 6) is -2.47. The van der Waals surface area contributed by atoms with Crippen molar-refractivity contribution in [3.05, 3.63) is 28.7 Å². The Hall–Kier alpha value is -2.22. The van der Waals surface area contributed by atoms with Gasteiger partial charge in [-0.3, -0.25) is 24.1 Å². The van der Waals surface area contributed by atoms with Crippen LogP contribution in [0.4, 0.5) is 5.69 Å². The smallest absolute Gasteiger partial charge is 0.326 e. The van der Waals surface area contributed by atoms with Crippen molar-refractivity contribution in [2.75, 3.05) is 18.5 Å². The second kappa shape index (κ2) is 7.99. The van der Waals surface area contributed by atoms with E-state index in [9.17, 15) is 19.2 Å². The number of rotatable bonds is 5. The molecule has 3 amide bonds. The van der Waals surface area contributed by atoms with Crippen LogP contribution in [0.3, 0.4) is 0 Å². The summed E-state index contributed by atoms with van der Waals surface area (Å²) in [7, 11) is 0. The van der Waals surface area contributed by atoms with Gasteiger partial charge < -0.3 is 10.1 Å². The van der Waals surface area contributed by atoms with Crippen LogP contribution >= 0.6 is 15.9 Å². The van der Waals surface area contributed by atoms with Crippen molar-refractivity contribution in [1.82, 2.24) is 4.90 Å². The van der Waals surface area contributed by atoms with E-state index in [1.54, 1.807) is 24.3 Å². The van der Waals surface area contributed by atoms with Crippen LogP contribution in [0.15, 0.2) is 28.7 Å². The van der Waals surface area contributed by atoms with Crippen LogP contribution in [-0.4, -0.2) is 41.7 Å². The van der Waals surface area contributed by atoms with Crippen LogP contribution in [0.1, 0.15) is 25.7 Å². The van der Waals surface area contributed by atoms with Gasteiger partial charge >= 0.3 is 5.97 Å². The normalized spacial score (nSPS) is 22.1. The number of carbonyl (C=O) groups is 4. The number of fused-ring (bicyclic) bond motifs is 1. The number of benzene rings is 1. The Bertz CT molecular complexity index is 727. The summed E-state index contributed by atoms with van der Waals surface area (Å²) in [6.07, 6.45) is 3.23. The van der Waals surface area contributed by atoms with E-state index < -0.39 is 25.0 Å². The van der Waals surface area contributed by atoms with E-state index in [2.05, 4.69) is 21.2 Å². The number of carbonyl (C=O) groups excluding carboxylic acids is 4. The molecule has 1 saturated carbocycles. The first kappa shape index (κ1) is 18.6. The molecule has 138 valence electrons. The zero-order valence-corrected chi connectivity index (χ0v) is 15.7. The van der Waals surface area contributed by atoms with E-state index in [4.69, 9.17) is 4.74 Å². The predicted molar refractivity (Wildman–Crippen MR) is 95.9 cm³/mol. The van der Waals surface area contributed by atoms with E-state index in [1.165, 1.54) is 0 Å². The third kappa shape index (κ3) is 3.95. The summed E-state index contributed by atoms with van der Waals surface area (Å²) in [6.45, 7) is -0.920. The van der Waals surface area contributed by atoms with Gasteiger partial charge in [0, 0.05) is 4.47 Å². The number of imide groups is 1. The number of para-hydroxylation sites is 1. The molecule has 2 unspecified atom stereocenters. The standard InChI is InChI=1S/C18H19BrN2O5/c19-13-7-3-4-8-14(13)20-15(22)10-26-16(23)9-21-17(24)11-5-1-2-6-12(11)18(21)25/h3-4,7-8,11-12H,1-2,5-6,9-10H2,(H,20,22). The Labute approximate surface area is 159 Å². The second-order valence-electron chi connectivity index (χ2n) is 6.45. The van der Waals surface area contributed by atoms with E-state index in [-0.39, 0.29) is 23.7 Å². The summed E-state index contributed by atoms with van der Waals surface area (Å²) in [6, 6.07) is 7.04. The highest BCUT2D eigenvalue weighted by molar-refractivity contribution is 9.10. The maximum atomic E-state index is 12.3. The van der Waals surface area contributed by atoms with Gasteiger partial charge in [-0.05, 0) is 40.9 Å². The van der Waals surface area contributed by atoms with E-state index >= 15 is 0 Å². The Balaban J connectivity index is 1.50. The average Bonchev–Trinajstić information content (AvgIpc) is 2.87. The summed E-state index contributed by atoms with van der Waals surface area (Å²) >= 11 is 3.30.